The number of nitrogens with two attached hydrogens (primary N) is 1. The molecular formula is C31H28F2N4O4. The van der Waals surface area contributed by atoms with Crippen LogP contribution in [0.5, 0.6) is 0 Å². The standard InChI is InChI=1S/C31H28F2N4O4/c1-14-16(6-5-9-23(14)37-29(39)18-7-4-8-20(32)26(18)36-30(37)40)24-21(33)13-19(28(34)38)27-25(24)17-11-10-15(31(2,3)41)12-22(17)35-27/h4-9,13,15,35,41H,10-12H2,1-3H3,(H2,34,38)(H,36,40). The number of amides is 1. The predicted octanol–water partition coefficient (Wildman–Crippen LogP) is 4.39. The van der Waals surface area contributed by atoms with Gasteiger partial charge in [-0.15, -0.1) is 0 Å². The summed E-state index contributed by atoms with van der Waals surface area (Å²) >= 11 is 0. The van der Waals surface area contributed by atoms with Crippen LogP contribution in [0.15, 0.2) is 52.1 Å². The summed E-state index contributed by atoms with van der Waals surface area (Å²) in [6, 6.07) is 9.91. The van der Waals surface area contributed by atoms with E-state index in [9.17, 15) is 23.9 Å². The number of aliphatic hydroxyl groups is 1. The third-order valence-corrected chi connectivity index (χ3v) is 8.38. The number of aromatic amines is 2. The maximum atomic E-state index is 16.0. The van der Waals surface area contributed by atoms with Gasteiger partial charge in [-0.2, -0.15) is 0 Å². The van der Waals surface area contributed by atoms with Crippen molar-refractivity contribution in [1.29, 1.82) is 0 Å². The minimum Gasteiger partial charge on any atom is -0.390 e. The van der Waals surface area contributed by atoms with E-state index in [0.29, 0.717) is 41.3 Å². The van der Waals surface area contributed by atoms with E-state index in [4.69, 9.17) is 5.73 Å². The third-order valence-electron chi connectivity index (χ3n) is 8.38. The lowest BCUT2D eigenvalue weighted by atomic mass is 9.77. The van der Waals surface area contributed by atoms with Crippen LogP contribution >= 0.6 is 0 Å². The molecular weight excluding hydrogens is 530 g/mol. The quantitative estimate of drug-likeness (QED) is 0.260. The van der Waals surface area contributed by atoms with Gasteiger partial charge in [-0.25, -0.2) is 18.1 Å². The lowest BCUT2D eigenvalue weighted by Gasteiger charge is -2.32. The Kier molecular flexibility index (Phi) is 6.00. The van der Waals surface area contributed by atoms with Crippen molar-refractivity contribution in [1.82, 2.24) is 14.5 Å². The van der Waals surface area contributed by atoms with Gasteiger partial charge in [-0.1, -0.05) is 18.2 Å². The molecule has 0 spiro atoms. The Morgan fingerprint density at radius 2 is 1.80 bits per heavy atom. The first kappa shape index (κ1) is 26.6. The van der Waals surface area contributed by atoms with E-state index in [2.05, 4.69) is 9.97 Å². The number of H-pyrrole nitrogens is 2. The van der Waals surface area contributed by atoms with E-state index in [0.717, 1.165) is 28.0 Å². The molecule has 1 atom stereocenters. The number of benzene rings is 3. The summed E-state index contributed by atoms with van der Waals surface area (Å²) in [6.07, 6.45) is 1.69. The number of fused-ring (bicyclic) bond motifs is 4. The van der Waals surface area contributed by atoms with Gasteiger partial charge in [-0.05, 0) is 86.9 Å². The number of nitrogens with one attached hydrogen (secondary N) is 2. The first-order chi connectivity index (χ1) is 19.4. The molecule has 0 radical (unpaired) electrons. The fourth-order valence-electron chi connectivity index (χ4n) is 6.20. The van der Waals surface area contributed by atoms with Crippen LogP contribution in [-0.2, 0) is 12.8 Å². The number of aromatic nitrogens is 3. The first-order valence-electron chi connectivity index (χ1n) is 13.3. The highest BCUT2D eigenvalue weighted by Crippen LogP contribution is 2.43. The molecule has 5 N–H and O–H groups in total. The number of halogens is 2. The van der Waals surface area contributed by atoms with Gasteiger partial charge in [0, 0.05) is 16.6 Å². The number of hydrogen-bond acceptors (Lipinski definition) is 4. The Bertz CT molecular complexity index is 2030. The number of rotatable bonds is 4. The van der Waals surface area contributed by atoms with Crippen LogP contribution in [-0.4, -0.2) is 31.1 Å². The van der Waals surface area contributed by atoms with Crippen LogP contribution in [0.4, 0.5) is 8.78 Å². The smallest absolute Gasteiger partial charge is 0.333 e. The normalized spacial score (nSPS) is 15.4. The fraction of sp³-hybridized carbons (Fsp3) is 0.258. The second kappa shape index (κ2) is 9.24. The highest BCUT2D eigenvalue weighted by Gasteiger charge is 2.34. The molecule has 1 unspecified atom stereocenters. The van der Waals surface area contributed by atoms with Crippen LogP contribution in [0.2, 0.25) is 0 Å². The zero-order valence-corrected chi connectivity index (χ0v) is 22.7. The van der Waals surface area contributed by atoms with E-state index in [1.165, 1.54) is 12.1 Å². The van der Waals surface area contributed by atoms with Crippen molar-refractivity contribution in [2.24, 2.45) is 11.7 Å². The maximum Gasteiger partial charge on any atom is 0.333 e. The van der Waals surface area contributed by atoms with Crippen molar-refractivity contribution < 1.29 is 18.7 Å². The average Bonchev–Trinajstić information content (AvgIpc) is 3.28. The number of hydrogen-bond donors (Lipinski definition) is 4. The number of primary amides is 1. The Hall–Kier alpha value is -4.57. The van der Waals surface area contributed by atoms with Gasteiger partial charge in [0.25, 0.3) is 11.5 Å². The summed E-state index contributed by atoms with van der Waals surface area (Å²) in [6.45, 7) is 5.18. The van der Waals surface area contributed by atoms with Crippen molar-refractivity contribution >= 4 is 27.7 Å². The molecule has 0 fully saturated rings. The zero-order chi connectivity index (χ0) is 29.4. The Labute approximate surface area is 232 Å². The molecule has 6 rings (SSSR count). The van der Waals surface area contributed by atoms with Crippen molar-refractivity contribution in [2.75, 3.05) is 0 Å². The van der Waals surface area contributed by atoms with Gasteiger partial charge in [0.05, 0.1) is 33.3 Å². The Morgan fingerprint density at radius 3 is 2.51 bits per heavy atom. The van der Waals surface area contributed by atoms with Crippen LogP contribution in [0.25, 0.3) is 38.6 Å². The summed E-state index contributed by atoms with van der Waals surface area (Å²) in [5.74, 6) is -2.24. The second-order valence-electron chi connectivity index (χ2n) is 11.3. The van der Waals surface area contributed by atoms with Gasteiger partial charge >= 0.3 is 5.69 Å². The van der Waals surface area contributed by atoms with Gasteiger partial charge < -0.3 is 20.8 Å². The maximum absolute atomic E-state index is 16.0. The molecule has 1 aliphatic rings. The van der Waals surface area contributed by atoms with E-state index in [1.54, 1.807) is 39.0 Å². The number of carbonyl (C=O) groups excluding carboxylic acids is 1. The van der Waals surface area contributed by atoms with Crippen LogP contribution < -0.4 is 17.0 Å². The molecule has 3 aromatic carbocycles. The molecule has 0 saturated carbocycles. The minimum absolute atomic E-state index is 0.00477. The minimum atomic E-state index is -0.927. The van der Waals surface area contributed by atoms with Crippen LogP contribution in [0.1, 0.15) is 47.4 Å². The molecule has 8 nitrogen and oxygen atoms in total. The molecule has 5 aromatic rings. The average molecular weight is 559 g/mol. The molecule has 0 aliphatic heterocycles. The summed E-state index contributed by atoms with van der Waals surface area (Å²) in [5.41, 5.74) is 6.28. The monoisotopic (exact) mass is 558 g/mol. The number of aryl methyl sites for hydroxylation is 1. The fourth-order valence-corrected chi connectivity index (χ4v) is 6.20. The second-order valence-corrected chi connectivity index (χ2v) is 11.3. The molecule has 1 amide bonds. The Morgan fingerprint density at radius 1 is 1.07 bits per heavy atom. The van der Waals surface area contributed by atoms with Crippen molar-refractivity contribution in [3.05, 3.63) is 97.3 Å². The highest BCUT2D eigenvalue weighted by atomic mass is 19.1. The lowest BCUT2D eigenvalue weighted by Crippen LogP contribution is -2.35. The number of carbonyl (C=O) groups is 1. The van der Waals surface area contributed by atoms with Crippen LogP contribution in [0, 0.1) is 24.5 Å². The lowest BCUT2D eigenvalue weighted by molar-refractivity contribution is 0.0107. The van der Waals surface area contributed by atoms with Crippen molar-refractivity contribution in [3.8, 4) is 16.8 Å². The Balaban J connectivity index is 1.63. The van der Waals surface area contributed by atoms with E-state index in [-0.39, 0.29) is 33.6 Å². The molecule has 2 heterocycles. The summed E-state index contributed by atoms with van der Waals surface area (Å²) in [4.78, 5) is 44.5. The summed E-state index contributed by atoms with van der Waals surface area (Å²) in [7, 11) is 0. The summed E-state index contributed by atoms with van der Waals surface area (Å²) in [5, 5.41) is 11.1. The SMILES string of the molecule is Cc1c(-c2c(F)cc(C(N)=O)c3[nH]c4c(c23)CCC(C(C)(C)O)C4)cccc1-n1c(=O)[nH]c2c(F)cccc2c1=O. The first-order valence-corrected chi connectivity index (χ1v) is 13.3. The van der Waals surface area contributed by atoms with Crippen LogP contribution in [0.3, 0.4) is 0 Å². The topological polar surface area (TPSA) is 134 Å². The zero-order valence-electron chi connectivity index (χ0n) is 22.7. The van der Waals surface area contributed by atoms with Crippen molar-refractivity contribution in [2.45, 2.75) is 45.6 Å². The molecule has 2 aromatic heterocycles. The van der Waals surface area contributed by atoms with Crippen molar-refractivity contribution in [3.63, 3.8) is 0 Å². The number of para-hydroxylation sites is 1. The highest BCUT2D eigenvalue weighted by molar-refractivity contribution is 6.11. The van der Waals surface area contributed by atoms with E-state index in [1.807, 2.05) is 0 Å². The predicted molar refractivity (Wildman–Crippen MR) is 152 cm³/mol. The van der Waals surface area contributed by atoms with Gasteiger partial charge in [0.1, 0.15) is 11.6 Å². The third kappa shape index (κ3) is 4.09. The molecule has 1 aliphatic carbocycles. The largest absolute Gasteiger partial charge is 0.390 e. The number of nitrogens with zero attached hydrogens (tertiary/aromatic N) is 1. The molecule has 0 bridgehead atoms. The molecule has 0 saturated heterocycles. The molecule has 10 heteroatoms. The molecule has 210 valence electrons. The van der Waals surface area contributed by atoms with E-state index < -0.39 is 34.4 Å². The van der Waals surface area contributed by atoms with Gasteiger partial charge in [0.2, 0.25) is 0 Å². The van der Waals surface area contributed by atoms with Gasteiger partial charge in [0.15, 0.2) is 0 Å². The van der Waals surface area contributed by atoms with E-state index >= 15 is 4.39 Å². The summed E-state index contributed by atoms with van der Waals surface area (Å²) < 4.78 is 31.3. The van der Waals surface area contributed by atoms with Gasteiger partial charge in [-0.3, -0.25) is 9.59 Å². The molecule has 41 heavy (non-hydrogen) atoms.